The predicted molar refractivity (Wildman–Crippen MR) is 90.7 cm³/mol. The van der Waals surface area contributed by atoms with Crippen molar-refractivity contribution in [1.29, 1.82) is 0 Å². The lowest BCUT2D eigenvalue weighted by atomic mass is 9.76. The van der Waals surface area contributed by atoms with Gasteiger partial charge in [-0.05, 0) is 72.8 Å². The Hall–Kier alpha value is -1.77. The molecule has 0 spiro atoms. The molecule has 2 aromatic carbocycles. The molecule has 1 saturated carbocycles. The monoisotopic (exact) mass is 332 g/mol. The van der Waals surface area contributed by atoms with E-state index in [0.717, 1.165) is 50.7 Å². The first-order valence-electron chi connectivity index (χ1n) is 8.81. The highest BCUT2D eigenvalue weighted by Crippen LogP contribution is 2.41. The second-order valence-corrected chi connectivity index (χ2v) is 6.84. The summed E-state index contributed by atoms with van der Waals surface area (Å²) in [5.41, 5.74) is 3.31. The van der Waals surface area contributed by atoms with Crippen molar-refractivity contribution < 1.29 is 13.2 Å². The Labute approximate surface area is 141 Å². The van der Waals surface area contributed by atoms with Gasteiger partial charge in [-0.15, -0.1) is 0 Å². The lowest BCUT2D eigenvalue weighted by Crippen LogP contribution is -2.13. The Morgan fingerprint density at radius 3 is 1.79 bits per heavy atom. The molecule has 1 fully saturated rings. The number of hydrogen-bond donors (Lipinski definition) is 0. The van der Waals surface area contributed by atoms with Crippen LogP contribution in [0.1, 0.15) is 67.6 Å². The van der Waals surface area contributed by atoms with Gasteiger partial charge in [0.1, 0.15) is 0 Å². The first-order valence-corrected chi connectivity index (χ1v) is 8.81. The van der Waals surface area contributed by atoms with E-state index in [2.05, 4.69) is 31.2 Å². The minimum atomic E-state index is -1.38. The molecular formula is C21H23F3. The molecule has 0 saturated heterocycles. The molecule has 0 heterocycles. The highest BCUT2D eigenvalue weighted by molar-refractivity contribution is 5.28. The number of aryl methyl sites for hydroxylation is 1. The molecule has 3 heteroatoms. The van der Waals surface area contributed by atoms with Gasteiger partial charge in [-0.1, -0.05) is 37.6 Å². The van der Waals surface area contributed by atoms with Crippen molar-refractivity contribution in [2.45, 2.75) is 57.3 Å². The Morgan fingerprint density at radius 1 is 0.792 bits per heavy atom. The molecule has 0 unspecified atom stereocenters. The first kappa shape index (κ1) is 17.1. The van der Waals surface area contributed by atoms with Gasteiger partial charge in [0, 0.05) is 0 Å². The zero-order valence-corrected chi connectivity index (χ0v) is 14.0. The maximum atomic E-state index is 13.4. The first-order chi connectivity index (χ1) is 11.6. The molecule has 0 aromatic heterocycles. The van der Waals surface area contributed by atoms with Gasteiger partial charge in [-0.2, -0.15) is 0 Å². The maximum absolute atomic E-state index is 13.4. The van der Waals surface area contributed by atoms with Gasteiger partial charge in [0.15, 0.2) is 17.5 Å². The number of benzene rings is 2. The third-order valence-corrected chi connectivity index (χ3v) is 5.19. The van der Waals surface area contributed by atoms with E-state index >= 15 is 0 Å². The zero-order valence-electron chi connectivity index (χ0n) is 14.0. The van der Waals surface area contributed by atoms with E-state index in [1.54, 1.807) is 0 Å². The molecule has 128 valence electrons. The topological polar surface area (TPSA) is 0 Å². The van der Waals surface area contributed by atoms with E-state index < -0.39 is 17.5 Å². The normalized spacial score (nSPS) is 21.0. The summed E-state index contributed by atoms with van der Waals surface area (Å²) >= 11 is 0. The van der Waals surface area contributed by atoms with E-state index in [9.17, 15) is 13.2 Å². The zero-order chi connectivity index (χ0) is 17.1. The summed E-state index contributed by atoms with van der Waals surface area (Å²) in [7, 11) is 0. The third-order valence-electron chi connectivity index (χ3n) is 5.19. The van der Waals surface area contributed by atoms with Gasteiger partial charge >= 0.3 is 0 Å². The molecule has 2 aromatic rings. The molecule has 0 radical (unpaired) electrons. The SMILES string of the molecule is CCCc1ccc(C2CCC(c3cc(F)c(F)c(F)c3)CC2)cc1. The molecule has 0 N–H and O–H groups in total. The minimum absolute atomic E-state index is 0.116. The molecule has 0 nitrogen and oxygen atoms in total. The minimum Gasteiger partial charge on any atom is -0.204 e. The van der Waals surface area contributed by atoms with Gasteiger partial charge in [0.05, 0.1) is 0 Å². The van der Waals surface area contributed by atoms with Gasteiger partial charge < -0.3 is 0 Å². The maximum Gasteiger partial charge on any atom is 0.194 e. The molecular weight excluding hydrogens is 309 g/mol. The standard InChI is InChI=1S/C21H23F3/c1-2-3-14-4-6-15(7-5-14)16-8-10-17(11-9-16)18-12-19(22)21(24)20(23)13-18/h4-7,12-13,16-17H,2-3,8-11H2,1H3. The van der Waals surface area contributed by atoms with Crippen molar-refractivity contribution in [2.75, 3.05) is 0 Å². The molecule has 3 rings (SSSR count). The highest BCUT2D eigenvalue weighted by atomic mass is 19.2. The van der Waals surface area contributed by atoms with Crippen LogP contribution in [0.25, 0.3) is 0 Å². The van der Waals surface area contributed by atoms with Crippen LogP contribution in [0.5, 0.6) is 0 Å². The van der Waals surface area contributed by atoms with E-state index in [4.69, 9.17) is 0 Å². The fraction of sp³-hybridized carbons (Fsp3) is 0.429. The molecule has 1 aliphatic rings. The molecule has 0 aliphatic heterocycles. The third kappa shape index (κ3) is 3.66. The summed E-state index contributed by atoms with van der Waals surface area (Å²) in [5.74, 6) is -2.92. The van der Waals surface area contributed by atoms with Crippen molar-refractivity contribution in [3.8, 4) is 0 Å². The molecule has 0 atom stereocenters. The van der Waals surface area contributed by atoms with Crippen LogP contribution < -0.4 is 0 Å². The van der Waals surface area contributed by atoms with E-state index in [1.165, 1.54) is 11.1 Å². The van der Waals surface area contributed by atoms with Crippen LogP contribution in [-0.4, -0.2) is 0 Å². The van der Waals surface area contributed by atoms with Gasteiger partial charge in [-0.25, -0.2) is 13.2 Å². The molecule has 0 bridgehead atoms. The smallest absolute Gasteiger partial charge is 0.194 e. The van der Waals surface area contributed by atoms with Crippen molar-refractivity contribution in [3.05, 3.63) is 70.5 Å². The second kappa shape index (κ2) is 7.42. The van der Waals surface area contributed by atoms with Crippen molar-refractivity contribution in [2.24, 2.45) is 0 Å². The van der Waals surface area contributed by atoms with E-state index in [1.807, 2.05) is 0 Å². The average Bonchev–Trinajstić information content (AvgIpc) is 2.60. The van der Waals surface area contributed by atoms with Crippen LogP contribution in [0.3, 0.4) is 0 Å². The van der Waals surface area contributed by atoms with Gasteiger partial charge in [-0.3, -0.25) is 0 Å². The average molecular weight is 332 g/mol. The quantitative estimate of drug-likeness (QED) is 0.561. The fourth-order valence-electron chi connectivity index (χ4n) is 3.82. The predicted octanol–water partition coefficient (Wildman–Crippen LogP) is 6.50. The lowest BCUT2D eigenvalue weighted by molar-refractivity contribution is 0.389. The Balaban J connectivity index is 1.65. The van der Waals surface area contributed by atoms with Gasteiger partial charge in [0.25, 0.3) is 0 Å². The molecule has 24 heavy (non-hydrogen) atoms. The van der Waals surface area contributed by atoms with Crippen LogP contribution in [0.2, 0.25) is 0 Å². The van der Waals surface area contributed by atoms with Crippen LogP contribution in [0.4, 0.5) is 13.2 Å². The summed E-state index contributed by atoms with van der Waals surface area (Å²) in [6, 6.07) is 11.2. The van der Waals surface area contributed by atoms with Crippen LogP contribution in [-0.2, 0) is 6.42 Å². The largest absolute Gasteiger partial charge is 0.204 e. The summed E-state index contributed by atoms with van der Waals surface area (Å²) in [4.78, 5) is 0. The van der Waals surface area contributed by atoms with Crippen LogP contribution >= 0.6 is 0 Å². The number of halogens is 3. The van der Waals surface area contributed by atoms with E-state index in [0.29, 0.717) is 11.5 Å². The Morgan fingerprint density at radius 2 is 1.29 bits per heavy atom. The van der Waals surface area contributed by atoms with Crippen molar-refractivity contribution in [1.82, 2.24) is 0 Å². The Kier molecular flexibility index (Phi) is 5.27. The molecule has 0 amide bonds. The van der Waals surface area contributed by atoms with Crippen molar-refractivity contribution in [3.63, 3.8) is 0 Å². The summed E-state index contributed by atoms with van der Waals surface area (Å²) < 4.78 is 39.9. The number of rotatable bonds is 4. The summed E-state index contributed by atoms with van der Waals surface area (Å²) in [5, 5.41) is 0. The Bertz CT molecular complexity index is 660. The van der Waals surface area contributed by atoms with Crippen LogP contribution in [0, 0.1) is 17.5 Å². The fourth-order valence-corrected chi connectivity index (χ4v) is 3.82. The summed E-state index contributed by atoms with van der Waals surface area (Å²) in [6.07, 6.45) is 6.01. The second-order valence-electron chi connectivity index (χ2n) is 6.84. The molecule has 1 aliphatic carbocycles. The van der Waals surface area contributed by atoms with Crippen LogP contribution in [0.15, 0.2) is 36.4 Å². The lowest BCUT2D eigenvalue weighted by Gasteiger charge is -2.29. The van der Waals surface area contributed by atoms with E-state index in [-0.39, 0.29) is 5.92 Å². The van der Waals surface area contributed by atoms with Gasteiger partial charge in [0.2, 0.25) is 0 Å². The van der Waals surface area contributed by atoms with Crippen molar-refractivity contribution >= 4 is 0 Å². The number of hydrogen-bond acceptors (Lipinski definition) is 0. The summed E-state index contributed by atoms with van der Waals surface area (Å²) in [6.45, 7) is 2.18. The highest BCUT2D eigenvalue weighted by Gasteiger charge is 2.25.